The molecule has 4 nitrogen and oxygen atoms in total. The topological polar surface area (TPSA) is 64.7 Å². The highest BCUT2D eigenvalue weighted by atomic mass is 16.6. The standard InChI is InChI=1S/C7H14N2O2/c1-7(2,3)5(9-4)11-6(8)10/h5H,4H2,1-3H3,(H2,8,10). The van der Waals surface area contributed by atoms with Crippen molar-refractivity contribution in [3.63, 3.8) is 0 Å². The van der Waals surface area contributed by atoms with Gasteiger partial charge in [0, 0.05) is 5.41 Å². The predicted octanol–water partition coefficient (Wildman–Crippen LogP) is 1.15. The summed E-state index contributed by atoms with van der Waals surface area (Å²) in [5.41, 5.74) is 4.56. The minimum absolute atomic E-state index is 0.253. The molecule has 11 heavy (non-hydrogen) atoms. The van der Waals surface area contributed by atoms with Gasteiger partial charge in [-0.25, -0.2) is 4.79 Å². The monoisotopic (exact) mass is 158 g/mol. The van der Waals surface area contributed by atoms with E-state index >= 15 is 0 Å². The first-order valence-electron chi connectivity index (χ1n) is 3.30. The molecule has 1 atom stereocenters. The van der Waals surface area contributed by atoms with Crippen LogP contribution in [0.5, 0.6) is 0 Å². The molecule has 0 radical (unpaired) electrons. The molecule has 4 heteroatoms. The number of ether oxygens (including phenoxy) is 1. The SMILES string of the molecule is C=NC(OC(N)=O)C(C)(C)C. The van der Waals surface area contributed by atoms with Crippen LogP contribution in [0, 0.1) is 5.41 Å². The Labute approximate surface area is 66.4 Å². The Bertz CT molecular complexity index is 160. The van der Waals surface area contributed by atoms with Crippen molar-refractivity contribution >= 4 is 12.8 Å². The average Bonchev–Trinajstić information content (AvgIpc) is 1.79. The van der Waals surface area contributed by atoms with Crippen LogP contribution in [0.4, 0.5) is 4.79 Å². The van der Waals surface area contributed by atoms with E-state index in [0.717, 1.165) is 0 Å². The van der Waals surface area contributed by atoms with Gasteiger partial charge in [0.05, 0.1) is 0 Å². The van der Waals surface area contributed by atoms with Crippen molar-refractivity contribution in [3.05, 3.63) is 0 Å². The molecule has 1 unspecified atom stereocenters. The van der Waals surface area contributed by atoms with Crippen molar-refractivity contribution in [1.82, 2.24) is 0 Å². The summed E-state index contributed by atoms with van der Waals surface area (Å²) in [6.07, 6.45) is -1.39. The van der Waals surface area contributed by atoms with Crippen molar-refractivity contribution in [2.45, 2.75) is 27.0 Å². The van der Waals surface area contributed by atoms with E-state index in [1.54, 1.807) is 0 Å². The molecule has 0 aliphatic heterocycles. The third-order valence-electron chi connectivity index (χ3n) is 1.13. The molecule has 0 fully saturated rings. The lowest BCUT2D eigenvalue weighted by Gasteiger charge is -2.25. The number of nitrogens with zero attached hydrogens (tertiary/aromatic N) is 1. The zero-order valence-electron chi connectivity index (χ0n) is 7.13. The lowest BCUT2D eigenvalue weighted by atomic mass is 9.95. The van der Waals surface area contributed by atoms with E-state index in [2.05, 4.69) is 16.4 Å². The van der Waals surface area contributed by atoms with Gasteiger partial charge in [-0.05, 0) is 6.72 Å². The molecule has 0 aromatic rings. The van der Waals surface area contributed by atoms with Gasteiger partial charge in [-0.15, -0.1) is 0 Å². The molecule has 0 aliphatic rings. The maximum atomic E-state index is 10.3. The van der Waals surface area contributed by atoms with Crippen molar-refractivity contribution in [3.8, 4) is 0 Å². The fourth-order valence-corrected chi connectivity index (χ4v) is 0.598. The summed E-state index contributed by atoms with van der Waals surface area (Å²) >= 11 is 0. The number of rotatable bonds is 2. The lowest BCUT2D eigenvalue weighted by molar-refractivity contribution is 0.0440. The molecule has 64 valence electrons. The van der Waals surface area contributed by atoms with Gasteiger partial charge in [-0.2, -0.15) is 0 Å². The van der Waals surface area contributed by atoms with Gasteiger partial charge in [0.2, 0.25) is 0 Å². The Kier molecular flexibility index (Phi) is 3.04. The number of carbonyl (C=O) groups is 1. The summed E-state index contributed by atoms with van der Waals surface area (Å²) in [5, 5.41) is 0. The third kappa shape index (κ3) is 3.60. The first kappa shape index (κ1) is 9.94. The van der Waals surface area contributed by atoms with E-state index in [-0.39, 0.29) is 5.41 Å². The Morgan fingerprint density at radius 1 is 1.64 bits per heavy atom. The summed E-state index contributed by atoms with van der Waals surface area (Å²) in [6, 6.07) is 0. The van der Waals surface area contributed by atoms with Crippen molar-refractivity contribution in [2.75, 3.05) is 0 Å². The highest BCUT2D eigenvalue weighted by molar-refractivity contribution is 5.64. The van der Waals surface area contributed by atoms with Crippen LogP contribution in [0.15, 0.2) is 4.99 Å². The van der Waals surface area contributed by atoms with E-state index in [1.807, 2.05) is 20.8 Å². The smallest absolute Gasteiger partial charge is 0.406 e. The van der Waals surface area contributed by atoms with E-state index in [0.29, 0.717) is 0 Å². The van der Waals surface area contributed by atoms with Crippen molar-refractivity contribution in [1.29, 1.82) is 0 Å². The summed E-state index contributed by atoms with van der Waals surface area (Å²) in [5.74, 6) is 0. The quantitative estimate of drug-likeness (QED) is 0.613. The van der Waals surface area contributed by atoms with Gasteiger partial charge < -0.3 is 10.5 Å². The Morgan fingerprint density at radius 3 is 2.18 bits per heavy atom. The van der Waals surface area contributed by atoms with Gasteiger partial charge in [-0.1, -0.05) is 20.8 Å². The van der Waals surface area contributed by atoms with Gasteiger partial charge in [0.25, 0.3) is 0 Å². The molecule has 0 aliphatic carbocycles. The van der Waals surface area contributed by atoms with Crippen LogP contribution in [0.3, 0.4) is 0 Å². The zero-order chi connectivity index (χ0) is 9.07. The molecule has 2 N–H and O–H groups in total. The molecular weight excluding hydrogens is 144 g/mol. The average molecular weight is 158 g/mol. The number of nitrogens with two attached hydrogens (primary N) is 1. The fourth-order valence-electron chi connectivity index (χ4n) is 0.598. The fraction of sp³-hybridized carbons (Fsp3) is 0.714. The van der Waals surface area contributed by atoms with Gasteiger partial charge in [-0.3, -0.25) is 4.99 Å². The highest BCUT2D eigenvalue weighted by Crippen LogP contribution is 2.22. The molecule has 0 saturated carbocycles. The summed E-state index contributed by atoms with van der Waals surface area (Å²) < 4.78 is 4.67. The Balaban J connectivity index is 4.18. The molecule has 0 spiro atoms. The Hall–Kier alpha value is -1.06. The zero-order valence-corrected chi connectivity index (χ0v) is 7.13. The van der Waals surface area contributed by atoms with Gasteiger partial charge >= 0.3 is 6.09 Å². The molecular formula is C7H14N2O2. The number of amides is 1. The second-order valence-electron chi connectivity index (χ2n) is 3.34. The molecule has 0 aromatic heterocycles. The van der Waals surface area contributed by atoms with E-state index in [1.165, 1.54) is 0 Å². The molecule has 0 saturated heterocycles. The number of primary amides is 1. The molecule has 1 amide bonds. The molecule has 0 heterocycles. The van der Waals surface area contributed by atoms with E-state index < -0.39 is 12.3 Å². The number of carbonyl (C=O) groups excluding carboxylic acids is 1. The minimum atomic E-state index is -0.822. The van der Waals surface area contributed by atoms with E-state index in [4.69, 9.17) is 5.73 Å². The molecule has 0 rings (SSSR count). The number of aliphatic imine (C=N–C) groups is 1. The second kappa shape index (κ2) is 3.37. The van der Waals surface area contributed by atoms with E-state index in [9.17, 15) is 4.79 Å². The maximum Gasteiger partial charge on any atom is 0.406 e. The predicted molar refractivity (Wildman–Crippen MR) is 43.5 cm³/mol. The Morgan fingerprint density at radius 2 is 2.09 bits per heavy atom. The van der Waals surface area contributed by atoms with Crippen LogP contribution in [-0.4, -0.2) is 19.0 Å². The minimum Gasteiger partial charge on any atom is -0.423 e. The van der Waals surface area contributed by atoms with Crippen LogP contribution < -0.4 is 5.73 Å². The van der Waals surface area contributed by atoms with Gasteiger partial charge in [0.15, 0.2) is 6.23 Å². The number of hydrogen-bond donors (Lipinski definition) is 1. The summed E-state index contributed by atoms with van der Waals surface area (Å²) in [7, 11) is 0. The normalized spacial score (nSPS) is 13.7. The largest absolute Gasteiger partial charge is 0.423 e. The van der Waals surface area contributed by atoms with Crippen LogP contribution >= 0.6 is 0 Å². The molecule has 0 bridgehead atoms. The van der Waals surface area contributed by atoms with Crippen LogP contribution in [-0.2, 0) is 4.74 Å². The van der Waals surface area contributed by atoms with Crippen molar-refractivity contribution in [2.24, 2.45) is 16.1 Å². The van der Waals surface area contributed by atoms with Crippen molar-refractivity contribution < 1.29 is 9.53 Å². The molecule has 0 aromatic carbocycles. The maximum absolute atomic E-state index is 10.3. The lowest BCUT2D eigenvalue weighted by Crippen LogP contribution is -2.31. The van der Waals surface area contributed by atoms with Crippen LogP contribution in [0.1, 0.15) is 20.8 Å². The first-order valence-corrected chi connectivity index (χ1v) is 3.30. The highest BCUT2D eigenvalue weighted by Gasteiger charge is 2.25. The summed E-state index contributed by atoms with van der Waals surface area (Å²) in [6.45, 7) is 8.95. The number of hydrogen-bond acceptors (Lipinski definition) is 3. The summed E-state index contributed by atoms with van der Waals surface area (Å²) in [4.78, 5) is 14.0. The second-order valence-corrected chi connectivity index (χ2v) is 3.34. The van der Waals surface area contributed by atoms with Crippen LogP contribution in [0.2, 0.25) is 0 Å². The first-order chi connectivity index (χ1) is 4.88. The third-order valence-corrected chi connectivity index (χ3v) is 1.13. The van der Waals surface area contributed by atoms with Gasteiger partial charge in [0.1, 0.15) is 0 Å². The van der Waals surface area contributed by atoms with Crippen LogP contribution in [0.25, 0.3) is 0 Å².